The number of hydrogen-bond donors (Lipinski definition) is 2. The number of nitrogens with zero attached hydrogens (tertiary/aromatic N) is 2. The standard InChI is InChI=1S/C29H36N4O3/c1-17-24(4-3-5-26(17)36-2)29(35)31-21-14-22-9-10-23(15-21)33(22)27-11-8-20(16-30-27)28(34)32-25-13-18-6-7-19(25)12-18/h3-5,8,11,16,18-19,21-23,25H,6-7,9-10,12-15H2,1-2H3,(H,31,35)(H,32,34)/t18-,19+,21?,22-,23+,25+/m0/s1. The van der Waals surface area contributed by atoms with Crippen molar-refractivity contribution in [2.45, 2.75) is 82.5 Å². The molecule has 2 aliphatic heterocycles. The van der Waals surface area contributed by atoms with E-state index in [1.165, 1.54) is 19.3 Å². The summed E-state index contributed by atoms with van der Waals surface area (Å²) < 4.78 is 5.38. The first-order chi connectivity index (χ1) is 17.5. The van der Waals surface area contributed by atoms with Gasteiger partial charge in [0.2, 0.25) is 0 Å². The summed E-state index contributed by atoms with van der Waals surface area (Å²) in [5.74, 6) is 3.11. The zero-order chi connectivity index (χ0) is 24.8. The fraction of sp³-hybridized carbons (Fsp3) is 0.552. The van der Waals surface area contributed by atoms with Gasteiger partial charge in [-0.1, -0.05) is 12.5 Å². The van der Waals surface area contributed by atoms with Gasteiger partial charge in [0.15, 0.2) is 0 Å². The van der Waals surface area contributed by atoms with Gasteiger partial charge in [-0.25, -0.2) is 4.98 Å². The molecule has 7 nitrogen and oxygen atoms in total. The van der Waals surface area contributed by atoms with Gasteiger partial charge in [0.25, 0.3) is 11.8 Å². The number of hydrogen-bond acceptors (Lipinski definition) is 5. The molecule has 0 radical (unpaired) electrons. The number of anilines is 1. The van der Waals surface area contributed by atoms with E-state index >= 15 is 0 Å². The fourth-order valence-corrected chi connectivity index (χ4v) is 7.36. The molecule has 3 heterocycles. The average Bonchev–Trinajstić information content (AvgIpc) is 3.57. The van der Waals surface area contributed by atoms with Gasteiger partial charge in [-0.15, -0.1) is 0 Å². The molecule has 2 saturated heterocycles. The summed E-state index contributed by atoms with van der Waals surface area (Å²) >= 11 is 0. The molecule has 190 valence electrons. The molecule has 6 rings (SSSR count). The van der Waals surface area contributed by atoms with Gasteiger partial charge in [-0.2, -0.15) is 0 Å². The molecular formula is C29H36N4O3. The summed E-state index contributed by atoms with van der Waals surface area (Å²) in [6.07, 6.45) is 10.7. The number of pyridine rings is 1. The van der Waals surface area contributed by atoms with Crippen molar-refractivity contribution in [2.24, 2.45) is 11.8 Å². The van der Waals surface area contributed by atoms with Gasteiger partial charge in [0, 0.05) is 41.5 Å². The highest BCUT2D eigenvalue weighted by Crippen LogP contribution is 2.44. The molecular weight excluding hydrogens is 452 g/mol. The van der Waals surface area contributed by atoms with Crippen molar-refractivity contribution in [1.82, 2.24) is 15.6 Å². The van der Waals surface area contributed by atoms with Gasteiger partial charge in [0.05, 0.1) is 12.7 Å². The van der Waals surface area contributed by atoms with Crippen LogP contribution in [0.15, 0.2) is 36.5 Å². The number of carbonyl (C=O) groups is 2. The molecule has 36 heavy (non-hydrogen) atoms. The van der Waals surface area contributed by atoms with Crippen LogP contribution in [0.25, 0.3) is 0 Å². The molecule has 4 bridgehead atoms. The second-order valence-corrected chi connectivity index (χ2v) is 11.2. The number of ether oxygens (including phenoxy) is 1. The SMILES string of the molecule is COc1cccc(C(=O)NC2C[C@H]3CC[C@@H](C2)N3c2ccc(C(=O)N[C@@H]3C[C@H]4CC[C@@H]3C4)cn2)c1C. The zero-order valence-electron chi connectivity index (χ0n) is 21.2. The minimum atomic E-state index is -0.0341. The van der Waals surface area contributed by atoms with E-state index in [4.69, 9.17) is 9.72 Å². The Hall–Kier alpha value is -3.09. The van der Waals surface area contributed by atoms with E-state index in [2.05, 4.69) is 15.5 Å². The Bertz CT molecular complexity index is 1140. The van der Waals surface area contributed by atoms with E-state index in [0.717, 1.165) is 55.2 Å². The molecule has 0 spiro atoms. The number of fused-ring (bicyclic) bond motifs is 4. The Morgan fingerprint density at radius 2 is 1.75 bits per heavy atom. The van der Waals surface area contributed by atoms with Gasteiger partial charge in [-0.3, -0.25) is 9.59 Å². The lowest BCUT2D eigenvalue weighted by Crippen LogP contribution is -2.50. The number of piperidine rings is 1. The Morgan fingerprint density at radius 1 is 0.944 bits per heavy atom. The van der Waals surface area contributed by atoms with Crippen molar-refractivity contribution >= 4 is 17.6 Å². The Morgan fingerprint density at radius 3 is 2.39 bits per heavy atom. The molecule has 2 aliphatic carbocycles. The number of amides is 2. The monoisotopic (exact) mass is 488 g/mol. The topological polar surface area (TPSA) is 83.6 Å². The van der Waals surface area contributed by atoms with Gasteiger partial charge >= 0.3 is 0 Å². The molecule has 4 fully saturated rings. The second-order valence-electron chi connectivity index (χ2n) is 11.2. The molecule has 2 aromatic rings. The maximum atomic E-state index is 13.0. The predicted molar refractivity (Wildman–Crippen MR) is 138 cm³/mol. The minimum absolute atomic E-state index is 0.00354. The normalized spacial score (nSPS) is 30.3. The number of rotatable bonds is 6. The van der Waals surface area contributed by atoms with Crippen LogP contribution in [0.1, 0.15) is 77.6 Å². The summed E-state index contributed by atoms with van der Waals surface area (Å²) in [6, 6.07) is 10.7. The highest BCUT2D eigenvalue weighted by molar-refractivity contribution is 5.96. The summed E-state index contributed by atoms with van der Waals surface area (Å²) in [7, 11) is 1.63. The van der Waals surface area contributed by atoms with Crippen LogP contribution in [0, 0.1) is 18.8 Å². The molecule has 2 N–H and O–H groups in total. The Labute approximate surface area is 213 Å². The van der Waals surface area contributed by atoms with Crippen LogP contribution >= 0.6 is 0 Å². The van der Waals surface area contributed by atoms with Crippen LogP contribution in [0.4, 0.5) is 5.82 Å². The molecule has 4 aliphatic rings. The largest absolute Gasteiger partial charge is 0.496 e. The number of nitrogens with one attached hydrogen (secondary N) is 2. The van der Waals surface area contributed by atoms with E-state index in [1.807, 2.05) is 37.3 Å². The third kappa shape index (κ3) is 4.22. The van der Waals surface area contributed by atoms with Crippen LogP contribution in [-0.2, 0) is 0 Å². The van der Waals surface area contributed by atoms with Crippen molar-refractivity contribution in [3.63, 3.8) is 0 Å². The zero-order valence-corrected chi connectivity index (χ0v) is 21.2. The van der Waals surface area contributed by atoms with Crippen molar-refractivity contribution in [3.05, 3.63) is 53.2 Å². The summed E-state index contributed by atoms with van der Waals surface area (Å²) in [5, 5.41) is 6.54. The first-order valence-corrected chi connectivity index (χ1v) is 13.5. The third-order valence-electron chi connectivity index (χ3n) is 9.15. The maximum Gasteiger partial charge on any atom is 0.253 e. The number of aromatic nitrogens is 1. The first kappa shape index (κ1) is 23.3. The lowest BCUT2D eigenvalue weighted by molar-refractivity contribution is 0.0916. The Kier molecular flexibility index (Phi) is 6.10. The lowest BCUT2D eigenvalue weighted by Gasteiger charge is -2.40. The number of methoxy groups -OCH3 is 1. The molecule has 1 unspecified atom stereocenters. The third-order valence-corrected chi connectivity index (χ3v) is 9.15. The van der Waals surface area contributed by atoms with Crippen LogP contribution in [0.2, 0.25) is 0 Å². The molecule has 7 heteroatoms. The summed E-state index contributed by atoms with van der Waals surface area (Å²) in [6.45, 7) is 1.92. The molecule has 2 saturated carbocycles. The van der Waals surface area contributed by atoms with E-state index in [-0.39, 0.29) is 17.9 Å². The van der Waals surface area contributed by atoms with Gasteiger partial charge < -0.3 is 20.3 Å². The summed E-state index contributed by atoms with van der Waals surface area (Å²) in [4.78, 5) is 33.0. The quantitative estimate of drug-likeness (QED) is 0.635. The molecule has 6 atom stereocenters. The second kappa shape index (κ2) is 9.41. The smallest absolute Gasteiger partial charge is 0.253 e. The van der Waals surface area contributed by atoms with Gasteiger partial charge in [-0.05, 0) is 88.0 Å². The predicted octanol–water partition coefficient (Wildman–Crippen LogP) is 4.25. The molecule has 2 amide bonds. The van der Waals surface area contributed by atoms with E-state index < -0.39 is 0 Å². The van der Waals surface area contributed by atoms with Crippen LogP contribution in [0.3, 0.4) is 0 Å². The molecule has 1 aromatic carbocycles. The lowest BCUT2D eigenvalue weighted by atomic mass is 9.95. The van der Waals surface area contributed by atoms with Crippen molar-refractivity contribution in [2.75, 3.05) is 12.0 Å². The van der Waals surface area contributed by atoms with Crippen LogP contribution in [-0.4, -0.2) is 48.1 Å². The van der Waals surface area contributed by atoms with Crippen molar-refractivity contribution < 1.29 is 14.3 Å². The van der Waals surface area contributed by atoms with E-state index in [1.54, 1.807) is 13.3 Å². The molecule has 1 aromatic heterocycles. The van der Waals surface area contributed by atoms with Crippen molar-refractivity contribution in [1.29, 1.82) is 0 Å². The maximum absolute atomic E-state index is 13.0. The van der Waals surface area contributed by atoms with E-state index in [0.29, 0.717) is 35.2 Å². The minimum Gasteiger partial charge on any atom is -0.496 e. The summed E-state index contributed by atoms with van der Waals surface area (Å²) in [5.41, 5.74) is 2.18. The highest BCUT2D eigenvalue weighted by atomic mass is 16.5. The number of benzene rings is 1. The van der Waals surface area contributed by atoms with Crippen LogP contribution < -0.4 is 20.3 Å². The number of carbonyl (C=O) groups excluding carboxylic acids is 2. The highest BCUT2D eigenvalue weighted by Gasteiger charge is 2.42. The van der Waals surface area contributed by atoms with Gasteiger partial charge in [0.1, 0.15) is 11.6 Å². The van der Waals surface area contributed by atoms with E-state index in [9.17, 15) is 9.59 Å². The van der Waals surface area contributed by atoms with Crippen molar-refractivity contribution in [3.8, 4) is 5.75 Å². The average molecular weight is 489 g/mol. The van der Waals surface area contributed by atoms with Crippen LogP contribution in [0.5, 0.6) is 5.75 Å². The first-order valence-electron chi connectivity index (χ1n) is 13.5. The fourth-order valence-electron chi connectivity index (χ4n) is 7.36. The Balaban J connectivity index is 1.08.